The topological polar surface area (TPSA) is 38.3 Å². The number of benzene rings is 2. The van der Waals surface area contributed by atoms with E-state index in [0.717, 1.165) is 23.3 Å². The van der Waals surface area contributed by atoms with E-state index in [1.807, 2.05) is 38.1 Å². The molecule has 0 radical (unpaired) electrons. The third-order valence-electron chi connectivity index (χ3n) is 4.01. The first kappa shape index (κ1) is 17.1. The van der Waals surface area contributed by atoms with Crippen molar-refractivity contribution in [1.82, 2.24) is 5.32 Å². The number of rotatable bonds is 6. The SMILES string of the molecule is CCc1ccc(C(C)NC(=O)C(C)Oc2ccccc2C)cc1. The highest BCUT2D eigenvalue weighted by molar-refractivity contribution is 5.81. The first-order valence-corrected chi connectivity index (χ1v) is 8.12. The zero-order valence-electron chi connectivity index (χ0n) is 14.3. The molecule has 0 aliphatic carbocycles. The van der Waals surface area contributed by atoms with Gasteiger partial charge in [-0.3, -0.25) is 4.79 Å². The van der Waals surface area contributed by atoms with E-state index < -0.39 is 6.10 Å². The molecule has 0 bridgehead atoms. The maximum Gasteiger partial charge on any atom is 0.261 e. The van der Waals surface area contributed by atoms with E-state index in [0.29, 0.717) is 0 Å². The summed E-state index contributed by atoms with van der Waals surface area (Å²) in [6.45, 7) is 7.86. The number of carbonyl (C=O) groups is 1. The van der Waals surface area contributed by atoms with E-state index in [1.54, 1.807) is 6.92 Å². The molecule has 3 nitrogen and oxygen atoms in total. The largest absolute Gasteiger partial charge is 0.481 e. The number of amides is 1. The number of ether oxygens (including phenoxy) is 1. The van der Waals surface area contributed by atoms with Gasteiger partial charge in [0, 0.05) is 0 Å². The van der Waals surface area contributed by atoms with Crippen LogP contribution in [0.3, 0.4) is 0 Å². The molecule has 2 atom stereocenters. The molecule has 0 fully saturated rings. The maximum atomic E-state index is 12.3. The molecule has 23 heavy (non-hydrogen) atoms. The Balaban J connectivity index is 1.95. The molecule has 3 heteroatoms. The van der Waals surface area contributed by atoms with Crippen molar-refractivity contribution in [3.63, 3.8) is 0 Å². The Morgan fingerprint density at radius 3 is 2.35 bits per heavy atom. The molecule has 1 amide bonds. The third-order valence-corrected chi connectivity index (χ3v) is 4.01. The number of hydrogen-bond acceptors (Lipinski definition) is 2. The van der Waals surface area contributed by atoms with Gasteiger partial charge in [0.15, 0.2) is 6.10 Å². The Hall–Kier alpha value is -2.29. The zero-order chi connectivity index (χ0) is 16.8. The van der Waals surface area contributed by atoms with E-state index >= 15 is 0 Å². The van der Waals surface area contributed by atoms with E-state index in [9.17, 15) is 4.79 Å². The van der Waals surface area contributed by atoms with Crippen molar-refractivity contribution in [3.8, 4) is 5.75 Å². The molecule has 2 unspecified atom stereocenters. The van der Waals surface area contributed by atoms with Crippen LogP contribution in [0.1, 0.15) is 43.5 Å². The van der Waals surface area contributed by atoms with Gasteiger partial charge in [-0.05, 0) is 49.9 Å². The Kier molecular flexibility index (Phi) is 5.80. The van der Waals surface area contributed by atoms with Crippen LogP contribution in [0.2, 0.25) is 0 Å². The summed E-state index contributed by atoms with van der Waals surface area (Å²) in [5, 5.41) is 3.01. The Morgan fingerprint density at radius 2 is 1.74 bits per heavy atom. The lowest BCUT2D eigenvalue weighted by Crippen LogP contribution is -2.37. The predicted molar refractivity (Wildman–Crippen MR) is 93.6 cm³/mol. The summed E-state index contributed by atoms with van der Waals surface area (Å²) in [4.78, 5) is 12.3. The zero-order valence-corrected chi connectivity index (χ0v) is 14.3. The molecule has 1 N–H and O–H groups in total. The summed E-state index contributed by atoms with van der Waals surface area (Å²) in [5.41, 5.74) is 3.41. The van der Waals surface area contributed by atoms with Crippen molar-refractivity contribution in [1.29, 1.82) is 0 Å². The first-order valence-electron chi connectivity index (χ1n) is 8.12. The van der Waals surface area contributed by atoms with Crippen molar-refractivity contribution in [2.24, 2.45) is 0 Å². The van der Waals surface area contributed by atoms with Crippen LogP contribution in [-0.2, 0) is 11.2 Å². The fourth-order valence-electron chi connectivity index (χ4n) is 2.39. The van der Waals surface area contributed by atoms with Gasteiger partial charge in [0.1, 0.15) is 5.75 Å². The van der Waals surface area contributed by atoms with Crippen molar-refractivity contribution in [2.45, 2.75) is 46.3 Å². The predicted octanol–water partition coefficient (Wildman–Crippen LogP) is 4.20. The summed E-state index contributed by atoms with van der Waals surface area (Å²) in [6, 6.07) is 16.0. The van der Waals surface area contributed by atoms with Crippen LogP contribution in [0.4, 0.5) is 0 Å². The van der Waals surface area contributed by atoms with Gasteiger partial charge >= 0.3 is 0 Å². The van der Waals surface area contributed by atoms with Gasteiger partial charge in [-0.15, -0.1) is 0 Å². The number of para-hydroxylation sites is 1. The quantitative estimate of drug-likeness (QED) is 0.868. The average Bonchev–Trinajstić information content (AvgIpc) is 2.56. The van der Waals surface area contributed by atoms with E-state index in [-0.39, 0.29) is 11.9 Å². The lowest BCUT2D eigenvalue weighted by atomic mass is 10.0. The number of nitrogens with one attached hydrogen (secondary N) is 1. The van der Waals surface area contributed by atoms with E-state index in [1.165, 1.54) is 5.56 Å². The average molecular weight is 311 g/mol. The summed E-state index contributed by atoms with van der Waals surface area (Å²) >= 11 is 0. The first-order chi connectivity index (χ1) is 11.0. The highest BCUT2D eigenvalue weighted by Gasteiger charge is 2.18. The van der Waals surface area contributed by atoms with Crippen molar-refractivity contribution < 1.29 is 9.53 Å². The summed E-state index contributed by atoms with van der Waals surface area (Å²) < 4.78 is 5.77. The van der Waals surface area contributed by atoms with Crippen LogP contribution >= 0.6 is 0 Å². The molecule has 0 aliphatic heterocycles. The number of carbonyl (C=O) groups excluding carboxylic acids is 1. The van der Waals surface area contributed by atoms with Gasteiger partial charge in [0.05, 0.1) is 6.04 Å². The highest BCUT2D eigenvalue weighted by Crippen LogP contribution is 2.19. The monoisotopic (exact) mass is 311 g/mol. The van der Waals surface area contributed by atoms with E-state index in [4.69, 9.17) is 4.74 Å². The molecular weight excluding hydrogens is 286 g/mol. The van der Waals surface area contributed by atoms with Crippen LogP contribution in [0.25, 0.3) is 0 Å². The second kappa shape index (κ2) is 7.82. The molecule has 0 aliphatic rings. The van der Waals surface area contributed by atoms with E-state index in [2.05, 4.69) is 36.5 Å². The Bertz CT molecular complexity index is 649. The molecule has 0 spiro atoms. The number of hydrogen-bond donors (Lipinski definition) is 1. The van der Waals surface area contributed by atoms with Gasteiger partial charge in [-0.25, -0.2) is 0 Å². The molecular formula is C20H25NO2. The minimum Gasteiger partial charge on any atom is -0.481 e. The van der Waals surface area contributed by atoms with Gasteiger partial charge in [-0.2, -0.15) is 0 Å². The lowest BCUT2D eigenvalue weighted by molar-refractivity contribution is -0.127. The van der Waals surface area contributed by atoms with Crippen molar-refractivity contribution in [2.75, 3.05) is 0 Å². The minimum absolute atomic E-state index is 0.0451. The van der Waals surface area contributed by atoms with Crippen LogP contribution in [0.5, 0.6) is 5.75 Å². The standard InChI is InChI=1S/C20H25NO2/c1-5-17-10-12-18(13-11-17)15(3)21-20(22)16(4)23-19-9-7-6-8-14(19)2/h6-13,15-16H,5H2,1-4H3,(H,21,22). The normalized spacial score (nSPS) is 13.2. The third kappa shape index (κ3) is 4.59. The van der Waals surface area contributed by atoms with Crippen LogP contribution < -0.4 is 10.1 Å². The molecule has 0 saturated carbocycles. The molecule has 2 aromatic carbocycles. The summed E-state index contributed by atoms with van der Waals surface area (Å²) in [6.07, 6.45) is 0.482. The fraction of sp³-hybridized carbons (Fsp3) is 0.350. The molecule has 0 heterocycles. The lowest BCUT2D eigenvalue weighted by Gasteiger charge is -2.20. The molecule has 2 aromatic rings. The molecule has 122 valence electrons. The van der Waals surface area contributed by atoms with Crippen molar-refractivity contribution in [3.05, 3.63) is 65.2 Å². The fourth-order valence-corrected chi connectivity index (χ4v) is 2.39. The second-order valence-corrected chi connectivity index (χ2v) is 5.85. The molecule has 0 saturated heterocycles. The second-order valence-electron chi connectivity index (χ2n) is 5.85. The van der Waals surface area contributed by atoms with Crippen LogP contribution in [0.15, 0.2) is 48.5 Å². The Morgan fingerprint density at radius 1 is 1.09 bits per heavy atom. The molecule has 2 rings (SSSR count). The summed E-state index contributed by atoms with van der Waals surface area (Å²) in [7, 11) is 0. The molecule has 0 aromatic heterocycles. The van der Waals surface area contributed by atoms with Crippen molar-refractivity contribution >= 4 is 5.91 Å². The van der Waals surface area contributed by atoms with Crippen LogP contribution in [-0.4, -0.2) is 12.0 Å². The van der Waals surface area contributed by atoms with Crippen LogP contribution in [0, 0.1) is 6.92 Å². The smallest absolute Gasteiger partial charge is 0.261 e. The number of aryl methyl sites for hydroxylation is 2. The van der Waals surface area contributed by atoms with Gasteiger partial charge in [-0.1, -0.05) is 49.4 Å². The summed E-state index contributed by atoms with van der Waals surface area (Å²) in [5.74, 6) is 0.635. The van der Waals surface area contributed by atoms with Gasteiger partial charge in [0.25, 0.3) is 5.91 Å². The minimum atomic E-state index is -0.534. The maximum absolute atomic E-state index is 12.3. The van der Waals surface area contributed by atoms with Gasteiger partial charge < -0.3 is 10.1 Å². The Labute approximate surface area is 138 Å². The highest BCUT2D eigenvalue weighted by atomic mass is 16.5. The van der Waals surface area contributed by atoms with Gasteiger partial charge in [0.2, 0.25) is 0 Å².